The molecule has 6 nitrogen and oxygen atoms in total. The summed E-state index contributed by atoms with van der Waals surface area (Å²) in [6.45, 7) is 0.801. The fraction of sp³-hybridized carbons (Fsp3) is 0.722. The fourth-order valence-electron chi connectivity index (χ4n) is 3.99. The van der Waals surface area contributed by atoms with Crippen LogP contribution in [-0.4, -0.2) is 41.4 Å². The van der Waals surface area contributed by atoms with Crippen molar-refractivity contribution in [2.75, 3.05) is 13.1 Å². The number of hydrogen-bond donors (Lipinski definition) is 2. The lowest BCUT2D eigenvalue weighted by Crippen LogP contribution is -2.44. The molecule has 0 bridgehead atoms. The average Bonchev–Trinajstić information content (AvgIpc) is 3.13. The lowest BCUT2D eigenvalue weighted by atomic mass is 9.97. The summed E-state index contributed by atoms with van der Waals surface area (Å²) in [4.78, 5) is 37.7. The zero-order valence-corrected chi connectivity index (χ0v) is 14.2. The summed E-state index contributed by atoms with van der Waals surface area (Å²) in [6, 6.07) is -0.345. The molecule has 1 saturated carbocycles. The normalized spacial score (nSPS) is 22.7. The highest BCUT2D eigenvalue weighted by Gasteiger charge is 2.52. The third-order valence-corrected chi connectivity index (χ3v) is 5.42. The summed E-state index contributed by atoms with van der Waals surface area (Å²) in [7, 11) is 0. The number of carbonyl (C=O) groups excluding carboxylic acids is 3. The number of hydrogen-bond acceptors (Lipinski definition) is 3. The lowest BCUT2D eigenvalue weighted by molar-refractivity contribution is -0.131. The summed E-state index contributed by atoms with van der Waals surface area (Å²) in [5, 5.41) is 5.73. The van der Waals surface area contributed by atoms with E-state index in [0.717, 1.165) is 44.9 Å². The molecule has 3 rings (SSSR count). The van der Waals surface area contributed by atoms with E-state index in [9.17, 15) is 14.4 Å². The van der Waals surface area contributed by atoms with E-state index in [1.165, 1.54) is 23.3 Å². The van der Waals surface area contributed by atoms with Crippen LogP contribution in [0.4, 0.5) is 4.79 Å². The van der Waals surface area contributed by atoms with Gasteiger partial charge in [0.15, 0.2) is 0 Å². The molecule has 2 fully saturated rings. The molecule has 3 aliphatic rings. The van der Waals surface area contributed by atoms with Crippen LogP contribution in [0.2, 0.25) is 0 Å². The molecule has 0 unspecified atom stereocenters. The smallest absolute Gasteiger partial charge is 0.325 e. The number of allylic oxidation sites excluding steroid dienone is 1. The Morgan fingerprint density at radius 1 is 1.21 bits per heavy atom. The van der Waals surface area contributed by atoms with Crippen LogP contribution in [0.15, 0.2) is 11.6 Å². The van der Waals surface area contributed by atoms with Crippen LogP contribution in [0.5, 0.6) is 0 Å². The molecule has 0 atom stereocenters. The van der Waals surface area contributed by atoms with Gasteiger partial charge in [0, 0.05) is 19.5 Å². The highest BCUT2D eigenvalue weighted by molar-refractivity contribution is 6.07. The second-order valence-corrected chi connectivity index (χ2v) is 7.13. The molecule has 1 saturated heterocycles. The number of nitrogens with zero attached hydrogens (tertiary/aromatic N) is 1. The standard InChI is InChI=1S/C18H27N3O3/c22-15(19-12-8-14-6-2-1-3-7-14)9-13-21-16(23)18(20-17(21)24)10-4-5-11-18/h6H,1-5,7-13H2,(H,19,22)(H,20,24). The van der Waals surface area contributed by atoms with Crippen LogP contribution in [0.3, 0.4) is 0 Å². The van der Waals surface area contributed by atoms with Crippen molar-refractivity contribution < 1.29 is 14.4 Å². The molecule has 0 aromatic heterocycles. The number of amides is 4. The first kappa shape index (κ1) is 17.0. The van der Waals surface area contributed by atoms with Gasteiger partial charge in [-0.05, 0) is 44.9 Å². The molecule has 1 aliphatic heterocycles. The van der Waals surface area contributed by atoms with Crippen molar-refractivity contribution in [2.45, 2.75) is 69.7 Å². The van der Waals surface area contributed by atoms with Gasteiger partial charge in [0.05, 0.1) is 0 Å². The van der Waals surface area contributed by atoms with Gasteiger partial charge in [-0.2, -0.15) is 0 Å². The molecule has 0 radical (unpaired) electrons. The lowest BCUT2D eigenvalue weighted by Gasteiger charge is -2.20. The molecule has 4 amide bonds. The van der Waals surface area contributed by atoms with E-state index < -0.39 is 5.54 Å². The van der Waals surface area contributed by atoms with Gasteiger partial charge in [0.1, 0.15) is 5.54 Å². The van der Waals surface area contributed by atoms with Gasteiger partial charge in [0.2, 0.25) is 5.91 Å². The Kier molecular flexibility index (Phi) is 5.21. The summed E-state index contributed by atoms with van der Waals surface area (Å²) in [5.41, 5.74) is 0.750. The van der Waals surface area contributed by atoms with Gasteiger partial charge in [-0.1, -0.05) is 24.5 Å². The maximum Gasteiger partial charge on any atom is 0.325 e. The Labute approximate surface area is 143 Å². The Balaban J connectivity index is 1.40. The van der Waals surface area contributed by atoms with E-state index in [1.807, 2.05) is 0 Å². The minimum Gasteiger partial charge on any atom is -0.356 e. The molecule has 1 heterocycles. The molecule has 2 N–H and O–H groups in total. The maximum absolute atomic E-state index is 12.5. The Hall–Kier alpha value is -1.85. The van der Waals surface area contributed by atoms with Gasteiger partial charge >= 0.3 is 6.03 Å². The van der Waals surface area contributed by atoms with Gasteiger partial charge < -0.3 is 10.6 Å². The molecule has 0 aromatic rings. The quantitative estimate of drug-likeness (QED) is 0.578. The third kappa shape index (κ3) is 3.62. The largest absolute Gasteiger partial charge is 0.356 e. The van der Waals surface area contributed by atoms with Crippen molar-refractivity contribution in [3.63, 3.8) is 0 Å². The van der Waals surface area contributed by atoms with Crippen molar-refractivity contribution in [3.05, 3.63) is 11.6 Å². The summed E-state index contributed by atoms with van der Waals surface area (Å²) in [6.07, 6.45) is 11.5. The second-order valence-electron chi connectivity index (χ2n) is 7.13. The molecule has 132 valence electrons. The molecule has 24 heavy (non-hydrogen) atoms. The number of nitrogens with one attached hydrogen (secondary N) is 2. The van der Waals surface area contributed by atoms with Crippen molar-refractivity contribution >= 4 is 17.8 Å². The molecule has 6 heteroatoms. The minimum atomic E-state index is -0.680. The fourth-order valence-corrected chi connectivity index (χ4v) is 3.99. The van der Waals surface area contributed by atoms with E-state index >= 15 is 0 Å². The van der Waals surface area contributed by atoms with Gasteiger partial charge in [-0.25, -0.2) is 4.79 Å². The summed E-state index contributed by atoms with van der Waals surface area (Å²) < 4.78 is 0. The van der Waals surface area contributed by atoms with Crippen LogP contribution in [-0.2, 0) is 9.59 Å². The van der Waals surface area contributed by atoms with Gasteiger partial charge in [-0.15, -0.1) is 0 Å². The van der Waals surface area contributed by atoms with Gasteiger partial charge in [0.25, 0.3) is 5.91 Å². The summed E-state index contributed by atoms with van der Waals surface area (Å²) >= 11 is 0. The van der Waals surface area contributed by atoms with E-state index in [0.29, 0.717) is 6.54 Å². The Bertz CT molecular complexity index is 550. The van der Waals surface area contributed by atoms with Crippen molar-refractivity contribution in [2.24, 2.45) is 0 Å². The summed E-state index contributed by atoms with van der Waals surface area (Å²) in [5.74, 6) is -0.246. The molecule has 2 aliphatic carbocycles. The van der Waals surface area contributed by atoms with Crippen LogP contribution < -0.4 is 10.6 Å². The van der Waals surface area contributed by atoms with Crippen molar-refractivity contribution in [1.82, 2.24) is 15.5 Å². The minimum absolute atomic E-state index is 0.0978. The highest BCUT2D eigenvalue weighted by atomic mass is 16.2. The first-order valence-electron chi connectivity index (χ1n) is 9.19. The van der Waals surface area contributed by atoms with E-state index in [2.05, 4.69) is 16.7 Å². The topological polar surface area (TPSA) is 78.5 Å². The maximum atomic E-state index is 12.5. The van der Waals surface area contributed by atoms with Gasteiger partial charge in [-0.3, -0.25) is 14.5 Å². The number of carbonyl (C=O) groups is 3. The number of imide groups is 1. The molecule has 1 spiro atoms. The monoisotopic (exact) mass is 333 g/mol. The van der Waals surface area contributed by atoms with Crippen LogP contribution in [0.25, 0.3) is 0 Å². The predicted octanol–water partition coefficient (Wildman–Crippen LogP) is 2.25. The zero-order valence-electron chi connectivity index (χ0n) is 14.2. The SMILES string of the molecule is O=C(CCN1C(=O)NC2(CCCC2)C1=O)NCCC1=CCCCC1. The highest BCUT2D eigenvalue weighted by Crippen LogP contribution is 2.35. The van der Waals surface area contributed by atoms with Crippen molar-refractivity contribution in [3.8, 4) is 0 Å². The predicted molar refractivity (Wildman–Crippen MR) is 90.2 cm³/mol. The first-order chi connectivity index (χ1) is 11.6. The Morgan fingerprint density at radius 3 is 2.71 bits per heavy atom. The number of urea groups is 1. The molecular weight excluding hydrogens is 306 g/mol. The average molecular weight is 333 g/mol. The van der Waals surface area contributed by atoms with E-state index in [-0.39, 0.29) is 30.8 Å². The first-order valence-corrected chi connectivity index (χ1v) is 9.19. The van der Waals surface area contributed by atoms with Crippen molar-refractivity contribution in [1.29, 1.82) is 0 Å². The van der Waals surface area contributed by atoms with E-state index in [1.54, 1.807) is 0 Å². The van der Waals surface area contributed by atoms with Crippen LogP contribution >= 0.6 is 0 Å². The number of rotatable bonds is 6. The van der Waals surface area contributed by atoms with Crippen LogP contribution in [0.1, 0.15) is 64.2 Å². The zero-order chi connectivity index (χ0) is 17.0. The molecular formula is C18H27N3O3. The Morgan fingerprint density at radius 2 is 2.00 bits per heavy atom. The third-order valence-electron chi connectivity index (χ3n) is 5.42. The molecule has 0 aromatic carbocycles. The van der Waals surface area contributed by atoms with E-state index in [4.69, 9.17) is 0 Å². The van der Waals surface area contributed by atoms with Crippen LogP contribution in [0, 0.1) is 0 Å². The second kappa shape index (κ2) is 7.36.